The molecule has 1 fully saturated rings. The van der Waals surface area contributed by atoms with Gasteiger partial charge in [0.1, 0.15) is 0 Å². The molecule has 0 bridgehead atoms. The van der Waals surface area contributed by atoms with Crippen LogP contribution >= 0.6 is 0 Å². The number of amides is 1. The highest BCUT2D eigenvalue weighted by Gasteiger charge is 2.29. The average Bonchev–Trinajstić information content (AvgIpc) is 2.59. The summed E-state index contributed by atoms with van der Waals surface area (Å²) in [4.78, 5) is 26.5. The Morgan fingerprint density at radius 2 is 1.88 bits per heavy atom. The molecule has 0 atom stereocenters. The molecule has 0 spiro atoms. The molecule has 6 nitrogen and oxygen atoms in total. The fourth-order valence-corrected chi connectivity index (χ4v) is 2.72. The van der Waals surface area contributed by atoms with Gasteiger partial charge in [-0.05, 0) is 24.3 Å². The van der Waals surface area contributed by atoms with Crippen LogP contribution in [0.3, 0.4) is 0 Å². The molecule has 1 heterocycles. The van der Waals surface area contributed by atoms with Gasteiger partial charge in [-0.15, -0.1) is 0 Å². The number of anilines is 2. The second kappa shape index (κ2) is 8.22. The third-order valence-corrected chi connectivity index (χ3v) is 4.13. The van der Waals surface area contributed by atoms with Crippen LogP contribution in [0.15, 0.2) is 30.9 Å². The Morgan fingerprint density at radius 3 is 2.42 bits per heavy atom. The number of carbonyl (C=O) groups excluding carboxylic acids is 1. The van der Waals surface area contributed by atoms with Gasteiger partial charge in [0.25, 0.3) is 0 Å². The van der Waals surface area contributed by atoms with Crippen LogP contribution in [-0.4, -0.2) is 60.8 Å². The number of halogens is 3. The number of rotatable bonds is 6. The topological polar surface area (TPSA) is 72.9 Å². The van der Waals surface area contributed by atoms with Gasteiger partial charge in [0, 0.05) is 38.4 Å². The highest BCUT2D eigenvalue weighted by Crippen LogP contribution is 2.26. The first-order valence-corrected chi connectivity index (χ1v) is 8.04. The molecule has 9 heteroatoms. The number of nitrogens with zero attached hydrogens (tertiary/aromatic N) is 2. The van der Waals surface area contributed by atoms with E-state index < -0.39 is 24.5 Å². The van der Waals surface area contributed by atoms with Crippen molar-refractivity contribution in [3.8, 4) is 0 Å². The molecule has 1 amide bonds. The second-order valence-electron chi connectivity index (χ2n) is 5.92. The van der Waals surface area contributed by atoms with Gasteiger partial charge in [0.15, 0.2) is 0 Å². The lowest BCUT2D eigenvalue weighted by Gasteiger charge is -2.36. The zero-order chi connectivity index (χ0) is 19.3. The number of hydrogen-bond acceptors (Lipinski definition) is 4. The SMILES string of the molecule is C=CC(=O)Nc1cc(N2CCN(CCC(F)(F)F)CC2)ccc1C(=O)O. The van der Waals surface area contributed by atoms with Crippen molar-refractivity contribution in [2.75, 3.05) is 42.9 Å². The molecule has 0 radical (unpaired) electrons. The second-order valence-corrected chi connectivity index (χ2v) is 5.92. The van der Waals surface area contributed by atoms with Crippen LogP contribution in [0.1, 0.15) is 16.8 Å². The largest absolute Gasteiger partial charge is 0.478 e. The van der Waals surface area contributed by atoms with Gasteiger partial charge in [-0.25, -0.2) is 4.79 Å². The van der Waals surface area contributed by atoms with Crippen LogP contribution in [0.5, 0.6) is 0 Å². The van der Waals surface area contributed by atoms with Crippen molar-refractivity contribution >= 4 is 23.3 Å². The van der Waals surface area contributed by atoms with E-state index in [0.717, 1.165) is 6.08 Å². The standard InChI is InChI=1S/C17H20F3N3O3/c1-2-15(24)21-14-11-12(3-4-13(14)16(25)26)23-9-7-22(8-10-23)6-5-17(18,19)20/h2-4,11H,1,5-10H2,(H,21,24)(H,25,26). The Morgan fingerprint density at radius 1 is 1.23 bits per heavy atom. The highest BCUT2D eigenvalue weighted by atomic mass is 19.4. The number of nitrogens with one attached hydrogen (secondary N) is 1. The number of carboxylic acids is 1. The lowest BCUT2D eigenvalue weighted by Crippen LogP contribution is -2.47. The third-order valence-electron chi connectivity index (χ3n) is 4.13. The van der Waals surface area contributed by atoms with E-state index in [9.17, 15) is 27.9 Å². The first-order valence-electron chi connectivity index (χ1n) is 8.04. The Labute approximate surface area is 148 Å². The summed E-state index contributed by atoms with van der Waals surface area (Å²) in [7, 11) is 0. The zero-order valence-electron chi connectivity index (χ0n) is 14.1. The lowest BCUT2D eigenvalue weighted by atomic mass is 10.1. The quantitative estimate of drug-likeness (QED) is 0.752. The number of carboxylic acid groups (broad SMARTS) is 1. The van der Waals surface area contributed by atoms with Crippen molar-refractivity contribution in [3.05, 3.63) is 36.4 Å². The molecule has 1 aromatic rings. The number of piperazine rings is 1. The summed E-state index contributed by atoms with van der Waals surface area (Å²) in [5, 5.41) is 11.7. The normalized spacial score (nSPS) is 15.6. The summed E-state index contributed by atoms with van der Waals surface area (Å²) in [6.45, 7) is 5.28. The molecule has 2 N–H and O–H groups in total. The molecular formula is C17H20F3N3O3. The maximum atomic E-state index is 12.3. The Bertz CT molecular complexity index is 684. The van der Waals surface area contributed by atoms with Crippen LogP contribution in [0, 0.1) is 0 Å². The molecule has 0 saturated carbocycles. The summed E-state index contributed by atoms with van der Waals surface area (Å²) in [6, 6.07) is 4.57. The molecule has 1 aliphatic heterocycles. The number of aromatic carboxylic acids is 1. The third kappa shape index (κ3) is 5.48. The van der Waals surface area contributed by atoms with Crippen molar-refractivity contribution in [2.45, 2.75) is 12.6 Å². The number of carbonyl (C=O) groups is 2. The molecule has 142 valence electrons. The highest BCUT2D eigenvalue weighted by molar-refractivity contribution is 6.04. The van der Waals surface area contributed by atoms with Crippen molar-refractivity contribution in [2.24, 2.45) is 0 Å². The maximum Gasteiger partial charge on any atom is 0.390 e. The number of hydrogen-bond donors (Lipinski definition) is 2. The molecule has 0 aromatic heterocycles. The molecule has 0 unspecified atom stereocenters. The van der Waals surface area contributed by atoms with E-state index in [2.05, 4.69) is 11.9 Å². The van der Waals surface area contributed by atoms with Crippen molar-refractivity contribution in [1.29, 1.82) is 0 Å². The molecule has 0 aliphatic carbocycles. The van der Waals surface area contributed by atoms with E-state index in [1.165, 1.54) is 6.07 Å². The van der Waals surface area contributed by atoms with Gasteiger partial charge in [0.2, 0.25) is 5.91 Å². The van der Waals surface area contributed by atoms with Crippen LogP contribution in [-0.2, 0) is 4.79 Å². The van der Waals surface area contributed by atoms with E-state index in [-0.39, 0.29) is 17.8 Å². The maximum absolute atomic E-state index is 12.3. The molecular weight excluding hydrogens is 351 g/mol. The molecule has 1 aromatic carbocycles. The lowest BCUT2D eigenvalue weighted by molar-refractivity contribution is -0.138. The van der Waals surface area contributed by atoms with Crippen LogP contribution in [0.4, 0.5) is 24.5 Å². The Hall–Kier alpha value is -2.55. The first kappa shape index (κ1) is 19.8. The van der Waals surface area contributed by atoms with Gasteiger partial charge in [-0.2, -0.15) is 13.2 Å². The first-order chi connectivity index (χ1) is 12.2. The fraction of sp³-hybridized carbons (Fsp3) is 0.412. The average molecular weight is 371 g/mol. The zero-order valence-corrected chi connectivity index (χ0v) is 14.1. The Balaban J connectivity index is 2.05. The minimum atomic E-state index is -4.16. The number of benzene rings is 1. The smallest absolute Gasteiger partial charge is 0.390 e. The number of alkyl halides is 3. The van der Waals surface area contributed by atoms with E-state index >= 15 is 0 Å². The minimum absolute atomic E-state index is 0.0318. The van der Waals surface area contributed by atoms with E-state index in [0.29, 0.717) is 31.9 Å². The van der Waals surface area contributed by atoms with Gasteiger partial charge >= 0.3 is 12.1 Å². The van der Waals surface area contributed by atoms with E-state index in [4.69, 9.17) is 0 Å². The van der Waals surface area contributed by atoms with Crippen LogP contribution in [0.2, 0.25) is 0 Å². The van der Waals surface area contributed by atoms with Gasteiger partial charge in [-0.1, -0.05) is 6.58 Å². The van der Waals surface area contributed by atoms with Crippen molar-refractivity contribution < 1.29 is 27.9 Å². The summed E-state index contributed by atoms with van der Waals surface area (Å²) in [5.41, 5.74) is 0.803. The van der Waals surface area contributed by atoms with E-state index in [1.807, 2.05) is 4.90 Å². The van der Waals surface area contributed by atoms with Crippen molar-refractivity contribution in [3.63, 3.8) is 0 Å². The van der Waals surface area contributed by atoms with Gasteiger partial charge in [-0.3, -0.25) is 9.69 Å². The molecule has 1 saturated heterocycles. The molecule has 1 aliphatic rings. The van der Waals surface area contributed by atoms with E-state index in [1.54, 1.807) is 17.0 Å². The predicted molar refractivity (Wildman–Crippen MR) is 91.6 cm³/mol. The molecule has 26 heavy (non-hydrogen) atoms. The van der Waals surface area contributed by atoms with Crippen LogP contribution < -0.4 is 10.2 Å². The Kier molecular flexibility index (Phi) is 6.25. The van der Waals surface area contributed by atoms with Gasteiger partial charge < -0.3 is 15.3 Å². The predicted octanol–water partition coefficient (Wildman–Crippen LogP) is 2.58. The summed E-state index contributed by atoms with van der Waals surface area (Å²) < 4.78 is 36.9. The van der Waals surface area contributed by atoms with Gasteiger partial charge in [0.05, 0.1) is 17.7 Å². The van der Waals surface area contributed by atoms with Crippen LogP contribution in [0.25, 0.3) is 0 Å². The minimum Gasteiger partial charge on any atom is -0.478 e. The summed E-state index contributed by atoms with van der Waals surface area (Å²) in [5.74, 6) is -1.70. The fourth-order valence-electron chi connectivity index (χ4n) is 2.72. The summed E-state index contributed by atoms with van der Waals surface area (Å²) >= 11 is 0. The van der Waals surface area contributed by atoms with Crippen molar-refractivity contribution in [1.82, 2.24) is 4.90 Å². The monoisotopic (exact) mass is 371 g/mol. The molecule has 2 rings (SSSR count). The summed E-state index contributed by atoms with van der Waals surface area (Å²) in [6.07, 6.45) is -3.96.